The predicted molar refractivity (Wildman–Crippen MR) is 97.1 cm³/mol. The van der Waals surface area contributed by atoms with E-state index in [1.54, 1.807) is 7.11 Å². The van der Waals surface area contributed by atoms with Gasteiger partial charge in [-0.05, 0) is 35.7 Å². The van der Waals surface area contributed by atoms with Crippen molar-refractivity contribution in [2.24, 2.45) is 0 Å². The Morgan fingerprint density at radius 2 is 2.12 bits per heavy atom. The Labute approximate surface area is 153 Å². The van der Waals surface area contributed by atoms with Crippen LogP contribution in [0.25, 0.3) is 11.2 Å². The molecule has 0 aliphatic carbocycles. The minimum Gasteiger partial charge on any atom is -0.497 e. The molecule has 1 amide bonds. The summed E-state index contributed by atoms with van der Waals surface area (Å²) >= 11 is 7.16. The largest absolute Gasteiger partial charge is 0.497 e. The number of rotatable bonds is 7. The van der Waals surface area contributed by atoms with E-state index >= 15 is 0 Å². The number of H-pyrrole nitrogens is 1. The lowest BCUT2D eigenvalue weighted by molar-refractivity contribution is -0.118. The van der Waals surface area contributed by atoms with Gasteiger partial charge in [0.15, 0.2) is 5.65 Å². The maximum atomic E-state index is 12.0. The van der Waals surface area contributed by atoms with Crippen LogP contribution in [0, 0.1) is 0 Å². The highest BCUT2D eigenvalue weighted by Crippen LogP contribution is 2.24. The van der Waals surface area contributed by atoms with Gasteiger partial charge in [-0.15, -0.1) is 0 Å². The van der Waals surface area contributed by atoms with E-state index in [-0.39, 0.29) is 16.9 Å². The summed E-state index contributed by atoms with van der Waals surface area (Å²) in [5, 5.41) is 3.62. The number of imidazole rings is 1. The van der Waals surface area contributed by atoms with Crippen molar-refractivity contribution < 1.29 is 9.53 Å². The summed E-state index contributed by atoms with van der Waals surface area (Å²) in [5.74, 6) is 0.989. The van der Waals surface area contributed by atoms with Gasteiger partial charge >= 0.3 is 0 Å². The summed E-state index contributed by atoms with van der Waals surface area (Å²) in [6.07, 6.45) is 2.28. The van der Waals surface area contributed by atoms with Gasteiger partial charge in [-0.2, -0.15) is 4.98 Å². The molecule has 7 nitrogen and oxygen atoms in total. The van der Waals surface area contributed by atoms with Gasteiger partial charge < -0.3 is 15.0 Å². The second-order valence-corrected chi connectivity index (χ2v) is 6.44. The van der Waals surface area contributed by atoms with Crippen LogP contribution in [0.15, 0.2) is 35.6 Å². The highest BCUT2D eigenvalue weighted by atomic mass is 35.5. The Balaban J connectivity index is 1.48. The van der Waals surface area contributed by atoms with Crippen LogP contribution in [0.5, 0.6) is 5.75 Å². The van der Waals surface area contributed by atoms with Crippen molar-refractivity contribution in [2.45, 2.75) is 11.4 Å². The van der Waals surface area contributed by atoms with Crippen molar-refractivity contribution in [2.75, 3.05) is 19.4 Å². The number of aromatic amines is 1. The van der Waals surface area contributed by atoms with Crippen LogP contribution >= 0.6 is 23.4 Å². The molecule has 25 heavy (non-hydrogen) atoms. The average molecular weight is 378 g/mol. The molecule has 0 spiro atoms. The van der Waals surface area contributed by atoms with Crippen molar-refractivity contribution in [3.05, 3.63) is 41.4 Å². The number of nitrogens with zero attached hydrogens (tertiary/aromatic N) is 3. The van der Waals surface area contributed by atoms with Crippen LogP contribution in [-0.2, 0) is 11.2 Å². The molecule has 0 saturated carbocycles. The zero-order valence-corrected chi connectivity index (χ0v) is 15.0. The Bertz CT molecular complexity index is 869. The summed E-state index contributed by atoms with van der Waals surface area (Å²) in [6, 6.07) is 7.78. The van der Waals surface area contributed by atoms with E-state index in [4.69, 9.17) is 16.3 Å². The molecule has 0 bridgehead atoms. The number of hydrogen-bond acceptors (Lipinski definition) is 6. The van der Waals surface area contributed by atoms with E-state index in [0.29, 0.717) is 22.7 Å². The van der Waals surface area contributed by atoms with E-state index in [9.17, 15) is 4.79 Å². The second-order valence-electron chi connectivity index (χ2n) is 5.14. The molecule has 2 heterocycles. The Morgan fingerprint density at radius 1 is 1.32 bits per heavy atom. The number of carbonyl (C=O) groups excluding carboxylic acids is 1. The van der Waals surface area contributed by atoms with Crippen molar-refractivity contribution in [3.63, 3.8) is 0 Å². The number of ether oxygens (including phenoxy) is 1. The number of aromatic nitrogens is 4. The summed E-state index contributed by atoms with van der Waals surface area (Å²) in [6.45, 7) is 0.565. The first kappa shape index (κ1) is 17.5. The molecule has 0 saturated heterocycles. The number of hydrogen-bond donors (Lipinski definition) is 2. The fourth-order valence-corrected chi connectivity index (χ4v) is 3.24. The lowest BCUT2D eigenvalue weighted by Gasteiger charge is -2.06. The minimum atomic E-state index is -0.0686. The van der Waals surface area contributed by atoms with Crippen LogP contribution in [0.3, 0.4) is 0 Å². The van der Waals surface area contributed by atoms with E-state index < -0.39 is 0 Å². The monoisotopic (exact) mass is 377 g/mol. The lowest BCUT2D eigenvalue weighted by atomic mass is 10.1. The number of carbonyl (C=O) groups is 1. The predicted octanol–water partition coefficient (Wildman–Crippen LogP) is 2.47. The normalized spacial score (nSPS) is 10.8. The third-order valence-electron chi connectivity index (χ3n) is 3.46. The Morgan fingerprint density at radius 3 is 2.88 bits per heavy atom. The van der Waals surface area contributed by atoms with Gasteiger partial charge in [0.05, 0.1) is 19.2 Å². The first-order valence-electron chi connectivity index (χ1n) is 7.55. The van der Waals surface area contributed by atoms with Gasteiger partial charge in [0.1, 0.15) is 16.3 Å². The Hall–Kier alpha value is -2.32. The number of benzene rings is 1. The molecular formula is C16H16ClN5O2S. The maximum Gasteiger partial charge on any atom is 0.230 e. The summed E-state index contributed by atoms with van der Waals surface area (Å²) in [4.78, 5) is 27.2. The van der Waals surface area contributed by atoms with Gasteiger partial charge in [0.2, 0.25) is 11.2 Å². The summed E-state index contributed by atoms with van der Waals surface area (Å²) in [7, 11) is 1.63. The fraction of sp³-hybridized carbons (Fsp3) is 0.250. The number of amides is 1. The standard InChI is InChI=1S/C16H16ClN5O2S/c1-24-11-4-2-10(3-5-11)6-7-18-12(23)8-25-15-13-14(20-9-19-13)21-16(17)22-15/h2-5,9H,6-8H2,1H3,(H,18,23)(H,19,20,21,22). The average Bonchev–Trinajstić information content (AvgIpc) is 3.08. The molecule has 3 aromatic rings. The first-order valence-corrected chi connectivity index (χ1v) is 8.91. The molecule has 130 valence electrons. The van der Waals surface area contributed by atoms with Crippen molar-refractivity contribution in [1.82, 2.24) is 25.3 Å². The van der Waals surface area contributed by atoms with E-state index in [0.717, 1.165) is 17.7 Å². The number of halogens is 1. The summed E-state index contributed by atoms with van der Waals surface area (Å²) < 4.78 is 5.12. The molecule has 0 atom stereocenters. The molecule has 0 aliphatic heterocycles. The van der Waals surface area contributed by atoms with E-state index in [2.05, 4.69) is 25.3 Å². The molecule has 0 aliphatic rings. The fourth-order valence-electron chi connectivity index (χ4n) is 2.21. The zero-order valence-electron chi connectivity index (χ0n) is 13.5. The number of fused-ring (bicyclic) bond motifs is 1. The SMILES string of the molecule is COc1ccc(CCNC(=O)CSc2nc(Cl)nc3nc[nH]c23)cc1. The highest BCUT2D eigenvalue weighted by molar-refractivity contribution is 8.00. The molecule has 0 fully saturated rings. The van der Waals surface area contributed by atoms with Crippen LogP contribution in [0.2, 0.25) is 5.28 Å². The molecule has 1 aromatic carbocycles. The minimum absolute atomic E-state index is 0.0686. The maximum absolute atomic E-state index is 12.0. The molecular weight excluding hydrogens is 362 g/mol. The second kappa shape index (κ2) is 8.17. The van der Waals surface area contributed by atoms with Crippen molar-refractivity contribution in [1.29, 1.82) is 0 Å². The third kappa shape index (κ3) is 4.61. The van der Waals surface area contributed by atoms with Gasteiger partial charge in [0.25, 0.3) is 0 Å². The summed E-state index contributed by atoms with van der Waals surface area (Å²) in [5.41, 5.74) is 2.30. The van der Waals surface area contributed by atoms with Crippen LogP contribution in [0.1, 0.15) is 5.56 Å². The lowest BCUT2D eigenvalue weighted by Crippen LogP contribution is -2.27. The molecule has 0 unspecified atom stereocenters. The highest BCUT2D eigenvalue weighted by Gasteiger charge is 2.11. The van der Waals surface area contributed by atoms with E-state index in [1.165, 1.54) is 18.1 Å². The Kier molecular flexibility index (Phi) is 5.72. The number of nitrogens with one attached hydrogen (secondary N) is 2. The van der Waals surface area contributed by atoms with Crippen LogP contribution in [-0.4, -0.2) is 45.3 Å². The van der Waals surface area contributed by atoms with Gasteiger partial charge in [-0.25, -0.2) is 9.97 Å². The quantitative estimate of drug-likeness (QED) is 0.373. The van der Waals surface area contributed by atoms with Crippen molar-refractivity contribution >= 4 is 40.4 Å². The smallest absolute Gasteiger partial charge is 0.230 e. The molecule has 3 rings (SSSR count). The topological polar surface area (TPSA) is 92.8 Å². The van der Waals surface area contributed by atoms with Gasteiger partial charge in [-0.1, -0.05) is 23.9 Å². The zero-order chi connectivity index (χ0) is 17.6. The van der Waals surface area contributed by atoms with Crippen LogP contribution in [0.4, 0.5) is 0 Å². The molecule has 0 radical (unpaired) electrons. The number of thioether (sulfide) groups is 1. The number of methoxy groups -OCH3 is 1. The van der Waals surface area contributed by atoms with E-state index in [1.807, 2.05) is 24.3 Å². The molecule has 2 aromatic heterocycles. The third-order valence-corrected chi connectivity index (χ3v) is 4.60. The molecule has 2 N–H and O–H groups in total. The van der Waals surface area contributed by atoms with Crippen LogP contribution < -0.4 is 10.1 Å². The van der Waals surface area contributed by atoms with Gasteiger partial charge in [0, 0.05) is 6.54 Å². The van der Waals surface area contributed by atoms with Crippen molar-refractivity contribution in [3.8, 4) is 5.75 Å². The molecule has 9 heteroatoms. The van der Waals surface area contributed by atoms with Gasteiger partial charge in [-0.3, -0.25) is 4.79 Å². The first-order chi connectivity index (χ1) is 12.2.